The summed E-state index contributed by atoms with van der Waals surface area (Å²) in [4.78, 5) is 13.9. The van der Waals surface area contributed by atoms with Gasteiger partial charge in [-0.15, -0.1) is 0 Å². The van der Waals surface area contributed by atoms with Crippen LogP contribution in [-0.2, 0) is 0 Å². The second-order valence-electron chi connectivity index (χ2n) is 4.31. The SMILES string of the molecule is CC1(C#N)CCCN1C(=O)c1ccccc1. The number of rotatable bonds is 1. The normalized spacial score (nSPS) is 24.1. The van der Waals surface area contributed by atoms with Crippen LogP contribution < -0.4 is 0 Å². The molecule has 1 fully saturated rings. The van der Waals surface area contributed by atoms with Crippen LogP contribution in [0.15, 0.2) is 30.3 Å². The van der Waals surface area contributed by atoms with E-state index in [2.05, 4.69) is 6.07 Å². The van der Waals surface area contributed by atoms with Crippen molar-refractivity contribution in [3.63, 3.8) is 0 Å². The van der Waals surface area contributed by atoms with E-state index in [0.29, 0.717) is 12.1 Å². The van der Waals surface area contributed by atoms with Crippen LogP contribution in [0, 0.1) is 11.3 Å². The molecule has 0 radical (unpaired) electrons. The zero-order valence-corrected chi connectivity index (χ0v) is 9.31. The highest BCUT2D eigenvalue weighted by molar-refractivity contribution is 5.95. The maximum atomic E-state index is 12.2. The van der Waals surface area contributed by atoms with Gasteiger partial charge in [0.05, 0.1) is 6.07 Å². The Morgan fingerprint density at radius 3 is 2.75 bits per heavy atom. The molecule has 3 nitrogen and oxygen atoms in total. The number of nitrogens with zero attached hydrogens (tertiary/aromatic N) is 2. The summed E-state index contributed by atoms with van der Waals surface area (Å²) in [5.41, 5.74) is 0.0262. The predicted octanol–water partition coefficient (Wildman–Crippen LogP) is 2.20. The van der Waals surface area contributed by atoms with Gasteiger partial charge in [-0.25, -0.2) is 0 Å². The Morgan fingerprint density at radius 2 is 2.12 bits per heavy atom. The molecule has 1 aromatic rings. The third-order valence-corrected chi connectivity index (χ3v) is 3.15. The lowest BCUT2D eigenvalue weighted by Gasteiger charge is -2.28. The summed E-state index contributed by atoms with van der Waals surface area (Å²) in [6.45, 7) is 2.51. The van der Waals surface area contributed by atoms with Gasteiger partial charge in [0, 0.05) is 12.1 Å². The molecule has 1 amide bonds. The number of likely N-dealkylation sites (tertiary alicyclic amines) is 1. The summed E-state index contributed by atoms with van der Waals surface area (Å²) in [5.74, 6) is -0.0397. The van der Waals surface area contributed by atoms with Crippen molar-refractivity contribution < 1.29 is 4.79 Å². The highest BCUT2D eigenvalue weighted by Gasteiger charge is 2.39. The van der Waals surface area contributed by atoms with Gasteiger partial charge in [-0.3, -0.25) is 4.79 Å². The minimum atomic E-state index is -0.632. The largest absolute Gasteiger partial charge is 0.320 e. The Labute approximate surface area is 95.3 Å². The van der Waals surface area contributed by atoms with E-state index in [1.54, 1.807) is 17.0 Å². The van der Waals surface area contributed by atoms with E-state index in [1.807, 2.05) is 25.1 Å². The molecule has 1 aliphatic heterocycles. The van der Waals surface area contributed by atoms with Crippen molar-refractivity contribution in [2.24, 2.45) is 0 Å². The average molecular weight is 214 g/mol. The van der Waals surface area contributed by atoms with Gasteiger partial charge in [0.1, 0.15) is 5.54 Å². The van der Waals surface area contributed by atoms with Crippen molar-refractivity contribution in [1.82, 2.24) is 4.90 Å². The van der Waals surface area contributed by atoms with Gasteiger partial charge >= 0.3 is 0 Å². The molecule has 16 heavy (non-hydrogen) atoms. The molecule has 0 spiro atoms. The van der Waals surface area contributed by atoms with Crippen molar-refractivity contribution in [2.75, 3.05) is 6.54 Å². The van der Waals surface area contributed by atoms with Gasteiger partial charge in [-0.1, -0.05) is 18.2 Å². The molecule has 1 aliphatic rings. The molecule has 2 rings (SSSR count). The molecular formula is C13H14N2O. The minimum Gasteiger partial charge on any atom is -0.320 e. The quantitative estimate of drug-likeness (QED) is 0.719. The smallest absolute Gasteiger partial charge is 0.255 e. The summed E-state index contributed by atoms with van der Waals surface area (Å²) >= 11 is 0. The molecule has 0 N–H and O–H groups in total. The molecule has 1 saturated heterocycles. The number of amides is 1. The summed E-state index contributed by atoms with van der Waals surface area (Å²) in [6, 6.07) is 11.4. The molecule has 1 atom stereocenters. The standard InChI is InChI=1S/C13H14N2O/c1-13(10-14)8-5-9-15(13)12(16)11-6-3-2-4-7-11/h2-4,6-7H,5,8-9H2,1H3. The van der Waals surface area contributed by atoms with Crippen LogP contribution in [0.4, 0.5) is 0 Å². The number of hydrogen-bond acceptors (Lipinski definition) is 2. The van der Waals surface area contributed by atoms with E-state index < -0.39 is 5.54 Å². The molecule has 0 saturated carbocycles. The van der Waals surface area contributed by atoms with Gasteiger partial charge in [0.2, 0.25) is 0 Å². The number of hydrogen-bond donors (Lipinski definition) is 0. The van der Waals surface area contributed by atoms with E-state index in [0.717, 1.165) is 12.8 Å². The maximum Gasteiger partial charge on any atom is 0.255 e. The highest BCUT2D eigenvalue weighted by Crippen LogP contribution is 2.29. The van der Waals surface area contributed by atoms with Crippen LogP contribution in [0.5, 0.6) is 0 Å². The second-order valence-corrected chi connectivity index (χ2v) is 4.31. The summed E-state index contributed by atoms with van der Waals surface area (Å²) in [5, 5.41) is 9.15. The summed E-state index contributed by atoms with van der Waals surface area (Å²) < 4.78 is 0. The van der Waals surface area contributed by atoms with Crippen molar-refractivity contribution >= 4 is 5.91 Å². The first-order chi connectivity index (χ1) is 7.67. The van der Waals surface area contributed by atoms with E-state index >= 15 is 0 Å². The first-order valence-electron chi connectivity index (χ1n) is 5.46. The fourth-order valence-corrected chi connectivity index (χ4v) is 2.14. The topological polar surface area (TPSA) is 44.1 Å². The fraction of sp³-hybridized carbons (Fsp3) is 0.385. The van der Waals surface area contributed by atoms with Gasteiger partial charge in [0.15, 0.2) is 0 Å². The van der Waals surface area contributed by atoms with Gasteiger partial charge in [0.25, 0.3) is 5.91 Å². The van der Waals surface area contributed by atoms with Crippen LogP contribution >= 0.6 is 0 Å². The Hall–Kier alpha value is -1.82. The number of benzene rings is 1. The average Bonchev–Trinajstić information content (AvgIpc) is 2.72. The molecule has 3 heteroatoms. The number of carbonyl (C=O) groups is 1. The van der Waals surface area contributed by atoms with Crippen LogP contribution in [0.25, 0.3) is 0 Å². The molecule has 0 bridgehead atoms. The first kappa shape index (κ1) is 10.7. The van der Waals surface area contributed by atoms with Crippen LogP contribution in [0.2, 0.25) is 0 Å². The van der Waals surface area contributed by atoms with Crippen molar-refractivity contribution in [3.05, 3.63) is 35.9 Å². The predicted molar refractivity (Wildman–Crippen MR) is 60.7 cm³/mol. The fourth-order valence-electron chi connectivity index (χ4n) is 2.14. The first-order valence-corrected chi connectivity index (χ1v) is 5.46. The third-order valence-electron chi connectivity index (χ3n) is 3.15. The third kappa shape index (κ3) is 1.67. The van der Waals surface area contributed by atoms with E-state index in [4.69, 9.17) is 5.26 Å². The number of nitriles is 1. The Morgan fingerprint density at radius 1 is 1.44 bits per heavy atom. The summed E-state index contributed by atoms with van der Waals surface area (Å²) in [7, 11) is 0. The van der Waals surface area contributed by atoms with E-state index in [1.165, 1.54) is 0 Å². The molecular weight excluding hydrogens is 200 g/mol. The zero-order chi connectivity index (χ0) is 11.6. The minimum absolute atomic E-state index is 0.0397. The Balaban J connectivity index is 2.27. The second kappa shape index (κ2) is 3.97. The summed E-state index contributed by atoms with van der Waals surface area (Å²) in [6.07, 6.45) is 1.67. The lowest BCUT2D eigenvalue weighted by atomic mass is 10.0. The number of carbonyl (C=O) groups excluding carboxylic acids is 1. The zero-order valence-electron chi connectivity index (χ0n) is 9.31. The van der Waals surface area contributed by atoms with Crippen molar-refractivity contribution in [3.8, 4) is 6.07 Å². The Bertz CT molecular complexity index is 435. The molecule has 1 unspecified atom stereocenters. The van der Waals surface area contributed by atoms with E-state index in [-0.39, 0.29) is 5.91 Å². The van der Waals surface area contributed by atoms with Crippen LogP contribution in [0.3, 0.4) is 0 Å². The molecule has 0 aromatic heterocycles. The molecule has 1 heterocycles. The van der Waals surface area contributed by atoms with Gasteiger partial charge in [-0.05, 0) is 31.9 Å². The van der Waals surface area contributed by atoms with Crippen molar-refractivity contribution in [2.45, 2.75) is 25.3 Å². The lowest BCUT2D eigenvalue weighted by Crippen LogP contribution is -2.43. The van der Waals surface area contributed by atoms with Gasteiger partial charge in [-0.2, -0.15) is 5.26 Å². The lowest BCUT2D eigenvalue weighted by molar-refractivity contribution is 0.0693. The van der Waals surface area contributed by atoms with Crippen LogP contribution in [-0.4, -0.2) is 22.9 Å². The highest BCUT2D eigenvalue weighted by atomic mass is 16.2. The molecule has 0 aliphatic carbocycles. The molecule has 1 aromatic carbocycles. The van der Waals surface area contributed by atoms with Crippen LogP contribution in [0.1, 0.15) is 30.1 Å². The van der Waals surface area contributed by atoms with E-state index in [9.17, 15) is 4.79 Å². The van der Waals surface area contributed by atoms with Crippen molar-refractivity contribution in [1.29, 1.82) is 5.26 Å². The van der Waals surface area contributed by atoms with Gasteiger partial charge < -0.3 is 4.90 Å². The maximum absolute atomic E-state index is 12.2. The Kier molecular flexibility index (Phi) is 2.66. The monoisotopic (exact) mass is 214 g/mol. The molecule has 82 valence electrons.